The van der Waals surface area contributed by atoms with Crippen LogP contribution in [0.25, 0.3) is 22.3 Å². The van der Waals surface area contributed by atoms with Gasteiger partial charge in [-0.15, -0.1) is 0 Å². The maximum absolute atomic E-state index is 9.29. The van der Waals surface area contributed by atoms with Crippen LogP contribution in [0.4, 0.5) is 0 Å². The molecule has 0 fully saturated rings. The number of phenols is 1. The van der Waals surface area contributed by atoms with Crippen molar-refractivity contribution in [2.75, 3.05) is 0 Å². The van der Waals surface area contributed by atoms with Crippen LogP contribution in [0, 0.1) is 0 Å². The van der Waals surface area contributed by atoms with Crippen LogP contribution in [0.5, 0.6) is 5.75 Å². The fourth-order valence-corrected chi connectivity index (χ4v) is 1.97. The fraction of sp³-hybridized carbons (Fsp3) is 0. The number of rotatable bonds is 1. The summed E-state index contributed by atoms with van der Waals surface area (Å²) in [5, 5.41) is 22.9. The lowest BCUT2D eigenvalue weighted by atomic mass is 10.1. The van der Waals surface area contributed by atoms with Gasteiger partial charge in [-0.25, -0.2) is 0 Å². The molecule has 0 aliphatic heterocycles. The fourth-order valence-electron chi connectivity index (χ4n) is 1.97. The first kappa shape index (κ1) is 11.3. The van der Waals surface area contributed by atoms with Gasteiger partial charge in [-0.3, -0.25) is 0 Å². The third kappa shape index (κ3) is 2.04. The number of fused-ring (bicyclic) bond motifs is 1. The van der Waals surface area contributed by atoms with Gasteiger partial charge >= 0.3 is 0 Å². The summed E-state index contributed by atoms with van der Waals surface area (Å²) in [6.07, 6.45) is 0. The van der Waals surface area contributed by atoms with E-state index in [0.717, 1.165) is 10.9 Å². The van der Waals surface area contributed by atoms with Crippen LogP contribution in [0.15, 0.2) is 64.2 Å². The van der Waals surface area contributed by atoms with E-state index in [1.165, 1.54) is 0 Å². The molecular formula is C15H11NO3. The van der Waals surface area contributed by atoms with Crippen molar-refractivity contribution in [3.63, 3.8) is 0 Å². The summed E-state index contributed by atoms with van der Waals surface area (Å²) in [6, 6.07) is 15.7. The van der Waals surface area contributed by atoms with Crippen LogP contribution in [0.2, 0.25) is 0 Å². The minimum Gasteiger partial charge on any atom is -0.508 e. The van der Waals surface area contributed by atoms with Crippen molar-refractivity contribution < 1.29 is 14.7 Å². The summed E-state index contributed by atoms with van der Waals surface area (Å²) in [7, 11) is 0. The zero-order valence-electron chi connectivity index (χ0n) is 9.95. The van der Waals surface area contributed by atoms with E-state index in [-0.39, 0.29) is 5.75 Å². The average molecular weight is 253 g/mol. The molecule has 0 spiro atoms. The van der Waals surface area contributed by atoms with Crippen LogP contribution < -0.4 is 5.36 Å². The Morgan fingerprint density at radius 1 is 0.947 bits per heavy atom. The number of para-hydroxylation sites is 1. The molecule has 4 heteroatoms. The SMILES string of the molecule is O/N=c1/cc(-c2ccc(O)cc2)oc2ccccc12. The Balaban J connectivity index is 2.28. The predicted octanol–water partition coefficient (Wildman–Crippen LogP) is 3.10. The quantitative estimate of drug-likeness (QED) is 0.517. The standard InChI is InChI=1S/C15H11NO3/c17-11-7-5-10(6-8-11)15-9-13(16-18)12-3-1-2-4-14(12)19-15/h1-9,17-18H/b16-13-. The highest BCUT2D eigenvalue weighted by molar-refractivity contribution is 5.78. The van der Waals surface area contributed by atoms with Crippen molar-refractivity contribution in [1.82, 2.24) is 0 Å². The van der Waals surface area contributed by atoms with Crippen molar-refractivity contribution in [1.29, 1.82) is 0 Å². The van der Waals surface area contributed by atoms with Gasteiger partial charge in [0.15, 0.2) is 0 Å². The number of benzene rings is 2. The van der Waals surface area contributed by atoms with E-state index in [9.17, 15) is 5.11 Å². The summed E-state index contributed by atoms with van der Waals surface area (Å²) in [6.45, 7) is 0. The van der Waals surface area contributed by atoms with Gasteiger partial charge in [-0.05, 0) is 36.4 Å². The van der Waals surface area contributed by atoms with E-state index in [1.807, 2.05) is 24.3 Å². The Bertz CT molecular complexity index is 788. The molecule has 0 aliphatic rings. The minimum absolute atomic E-state index is 0.191. The zero-order chi connectivity index (χ0) is 13.2. The highest BCUT2D eigenvalue weighted by atomic mass is 16.4. The van der Waals surface area contributed by atoms with Gasteiger partial charge in [0.2, 0.25) is 0 Å². The molecular weight excluding hydrogens is 242 g/mol. The molecule has 94 valence electrons. The first-order chi connectivity index (χ1) is 9.28. The van der Waals surface area contributed by atoms with Crippen molar-refractivity contribution >= 4 is 11.0 Å². The normalized spacial score (nSPS) is 11.9. The summed E-state index contributed by atoms with van der Waals surface area (Å²) in [5.41, 5.74) is 1.44. The topological polar surface area (TPSA) is 66.0 Å². The highest BCUT2D eigenvalue weighted by Gasteiger charge is 2.05. The van der Waals surface area contributed by atoms with Crippen LogP contribution in [-0.4, -0.2) is 10.3 Å². The van der Waals surface area contributed by atoms with Gasteiger partial charge in [0.1, 0.15) is 22.5 Å². The second-order valence-electron chi connectivity index (χ2n) is 4.14. The Morgan fingerprint density at radius 3 is 2.42 bits per heavy atom. The Kier molecular flexibility index (Phi) is 2.68. The van der Waals surface area contributed by atoms with E-state index in [2.05, 4.69) is 5.16 Å². The predicted molar refractivity (Wildman–Crippen MR) is 70.7 cm³/mol. The van der Waals surface area contributed by atoms with Gasteiger partial charge < -0.3 is 14.7 Å². The molecule has 0 bridgehead atoms. The van der Waals surface area contributed by atoms with Gasteiger partial charge in [0, 0.05) is 17.0 Å². The van der Waals surface area contributed by atoms with E-state index in [0.29, 0.717) is 16.7 Å². The first-order valence-corrected chi connectivity index (χ1v) is 5.78. The molecule has 1 aromatic heterocycles. The molecule has 0 unspecified atom stereocenters. The molecule has 3 aromatic rings. The van der Waals surface area contributed by atoms with Crippen molar-refractivity contribution in [2.24, 2.45) is 5.16 Å². The molecule has 3 rings (SSSR count). The van der Waals surface area contributed by atoms with Gasteiger partial charge in [-0.2, -0.15) is 0 Å². The van der Waals surface area contributed by atoms with Gasteiger partial charge in [-0.1, -0.05) is 17.3 Å². The average Bonchev–Trinajstić information content (AvgIpc) is 2.47. The number of phenolic OH excluding ortho intramolecular Hbond substituents is 1. The molecule has 0 atom stereocenters. The molecule has 0 radical (unpaired) electrons. The highest BCUT2D eigenvalue weighted by Crippen LogP contribution is 2.23. The monoisotopic (exact) mass is 253 g/mol. The lowest BCUT2D eigenvalue weighted by molar-refractivity contribution is 0.302. The van der Waals surface area contributed by atoms with Crippen LogP contribution in [-0.2, 0) is 0 Å². The Hall–Kier alpha value is -2.75. The van der Waals surface area contributed by atoms with E-state index < -0.39 is 0 Å². The summed E-state index contributed by atoms with van der Waals surface area (Å²) < 4.78 is 5.78. The van der Waals surface area contributed by atoms with E-state index >= 15 is 0 Å². The van der Waals surface area contributed by atoms with Crippen molar-refractivity contribution in [2.45, 2.75) is 0 Å². The number of hydrogen-bond acceptors (Lipinski definition) is 4. The maximum Gasteiger partial charge on any atom is 0.136 e. The maximum atomic E-state index is 9.29. The minimum atomic E-state index is 0.191. The lowest BCUT2D eigenvalue weighted by Crippen LogP contribution is -2.02. The summed E-state index contributed by atoms with van der Waals surface area (Å²) >= 11 is 0. The molecule has 4 nitrogen and oxygen atoms in total. The summed E-state index contributed by atoms with van der Waals surface area (Å²) in [5.74, 6) is 0.767. The van der Waals surface area contributed by atoms with Gasteiger partial charge in [0.05, 0.1) is 0 Å². The molecule has 0 aliphatic carbocycles. The Morgan fingerprint density at radius 2 is 1.68 bits per heavy atom. The third-order valence-corrected chi connectivity index (χ3v) is 2.91. The number of aromatic hydroxyl groups is 1. The van der Waals surface area contributed by atoms with Crippen molar-refractivity contribution in [3.05, 3.63) is 60.0 Å². The van der Waals surface area contributed by atoms with Crippen LogP contribution >= 0.6 is 0 Å². The molecule has 19 heavy (non-hydrogen) atoms. The van der Waals surface area contributed by atoms with E-state index in [1.54, 1.807) is 30.3 Å². The third-order valence-electron chi connectivity index (χ3n) is 2.91. The molecule has 0 amide bonds. The van der Waals surface area contributed by atoms with Crippen molar-refractivity contribution in [3.8, 4) is 17.1 Å². The Labute approximate surface area is 108 Å². The van der Waals surface area contributed by atoms with Gasteiger partial charge in [0.25, 0.3) is 0 Å². The molecule has 0 saturated carbocycles. The largest absolute Gasteiger partial charge is 0.508 e. The molecule has 0 saturated heterocycles. The molecule has 2 N–H and O–H groups in total. The first-order valence-electron chi connectivity index (χ1n) is 5.78. The van der Waals surface area contributed by atoms with Crippen LogP contribution in [0.3, 0.4) is 0 Å². The smallest absolute Gasteiger partial charge is 0.136 e. The second-order valence-corrected chi connectivity index (χ2v) is 4.14. The number of hydrogen-bond donors (Lipinski definition) is 2. The lowest BCUT2D eigenvalue weighted by Gasteiger charge is -2.04. The molecule has 1 heterocycles. The molecule has 2 aromatic carbocycles. The van der Waals surface area contributed by atoms with E-state index in [4.69, 9.17) is 9.62 Å². The summed E-state index contributed by atoms with van der Waals surface area (Å²) in [4.78, 5) is 0. The zero-order valence-corrected chi connectivity index (χ0v) is 9.95. The number of nitrogens with zero attached hydrogens (tertiary/aromatic N) is 1. The van der Waals surface area contributed by atoms with Crippen LogP contribution in [0.1, 0.15) is 0 Å². The second kappa shape index (κ2) is 4.49.